The van der Waals surface area contributed by atoms with Gasteiger partial charge in [0, 0.05) is 28.7 Å². The summed E-state index contributed by atoms with van der Waals surface area (Å²) in [4.78, 5) is 20.9. The molecule has 1 saturated heterocycles. The van der Waals surface area contributed by atoms with Crippen LogP contribution >= 0.6 is 15.9 Å². The fourth-order valence-corrected chi connectivity index (χ4v) is 3.48. The fourth-order valence-electron chi connectivity index (χ4n) is 3.12. The molecule has 1 atom stereocenters. The van der Waals surface area contributed by atoms with Gasteiger partial charge in [-0.25, -0.2) is 9.97 Å². The summed E-state index contributed by atoms with van der Waals surface area (Å²) in [5.41, 5.74) is 2.69. The van der Waals surface area contributed by atoms with Gasteiger partial charge in [0.15, 0.2) is 0 Å². The molecule has 6 nitrogen and oxygen atoms in total. The number of hydrogen-bond donors (Lipinski definition) is 2. The Kier molecular flexibility index (Phi) is 5.31. The Balaban J connectivity index is 1.46. The van der Waals surface area contributed by atoms with E-state index in [4.69, 9.17) is 4.74 Å². The smallest absolute Gasteiger partial charge is 0.253 e. The van der Waals surface area contributed by atoms with Crippen molar-refractivity contribution in [2.24, 2.45) is 0 Å². The van der Waals surface area contributed by atoms with Crippen LogP contribution in [0.3, 0.4) is 0 Å². The van der Waals surface area contributed by atoms with Crippen molar-refractivity contribution in [2.45, 2.75) is 25.5 Å². The van der Waals surface area contributed by atoms with E-state index < -0.39 is 0 Å². The second kappa shape index (κ2) is 8.02. The maximum atomic E-state index is 12.2. The second-order valence-corrected chi connectivity index (χ2v) is 7.34. The van der Waals surface area contributed by atoms with Crippen LogP contribution in [0.15, 0.2) is 53.3 Å². The van der Waals surface area contributed by atoms with Gasteiger partial charge < -0.3 is 15.4 Å². The zero-order chi connectivity index (χ0) is 18.6. The van der Waals surface area contributed by atoms with E-state index in [1.807, 2.05) is 42.5 Å². The van der Waals surface area contributed by atoms with E-state index in [0.29, 0.717) is 13.2 Å². The maximum Gasteiger partial charge on any atom is 0.253 e. The molecule has 0 saturated carbocycles. The summed E-state index contributed by atoms with van der Waals surface area (Å²) in [6.45, 7) is 1.24. The van der Waals surface area contributed by atoms with Gasteiger partial charge in [0.1, 0.15) is 18.2 Å². The average molecular weight is 427 g/mol. The first-order valence-corrected chi connectivity index (χ1v) is 9.64. The molecule has 2 N–H and O–H groups in total. The summed E-state index contributed by atoms with van der Waals surface area (Å²) >= 11 is 3.49. The zero-order valence-electron chi connectivity index (χ0n) is 14.6. The number of carbonyl (C=O) groups excluding carboxylic acids is 1. The molecule has 0 aliphatic carbocycles. The van der Waals surface area contributed by atoms with Gasteiger partial charge in [0.25, 0.3) is 5.91 Å². The largest absolute Gasteiger partial charge is 0.368 e. The second-order valence-electron chi connectivity index (χ2n) is 6.43. The molecule has 3 aromatic rings. The number of rotatable bonds is 5. The molecule has 0 bridgehead atoms. The first-order chi connectivity index (χ1) is 13.2. The van der Waals surface area contributed by atoms with Crippen LogP contribution in [0.1, 0.15) is 18.4 Å². The Morgan fingerprint density at radius 1 is 1.22 bits per heavy atom. The van der Waals surface area contributed by atoms with Gasteiger partial charge in [-0.2, -0.15) is 0 Å². The molecule has 1 aromatic heterocycles. The van der Waals surface area contributed by atoms with Gasteiger partial charge in [0.2, 0.25) is 0 Å². The van der Waals surface area contributed by atoms with E-state index in [2.05, 4.69) is 36.5 Å². The first-order valence-electron chi connectivity index (χ1n) is 8.84. The van der Waals surface area contributed by atoms with Crippen molar-refractivity contribution in [3.63, 3.8) is 0 Å². The van der Waals surface area contributed by atoms with Crippen LogP contribution in [-0.2, 0) is 16.1 Å². The summed E-state index contributed by atoms with van der Waals surface area (Å²) < 4.78 is 6.41. The van der Waals surface area contributed by atoms with Crippen LogP contribution in [-0.4, -0.2) is 28.6 Å². The molecule has 138 valence electrons. The average Bonchev–Trinajstić information content (AvgIpc) is 3.22. The maximum absolute atomic E-state index is 12.2. The standard InChI is InChI=1S/C20H19BrN4O2/c21-14-6-7-17-16(10-14)19(24-12-23-17)22-11-13-3-1-4-15(9-13)25-20(26)18-5-2-8-27-18/h1,3-4,6-7,9-10,12,18H,2,5,8,11H2,(H,25,26)(H,22,23,24). The lowest BCUT2D eigenvalue weighted by molar-refractivity contribution is -0.124. The lowest BCUT2D eigenvalue weighted by Crippen LogP contribution is -2.26. The number of benzene rings is 2. The molecule has 1 aliphatic heterocycles. The van der Waals surface area contributed by atoms with Gasteiger partial charge >= 0.3 is 0 Å². The highest BCUT2D eigenvalue weighted by Gasteiger charge is 2.23. The number of hydrogen-bond acceptors (Lipinski definition) is 5. The molecule has 1 fully saturated rings. The van der Waals surface area contributed by atoms with Gasteiger partial charge in [0.05, 0.1) is 5.52 Å². The lowest BCUT2D eigenvalue weighted by atomic mass is 10.1. The highest BCUT2D eigenvalue weighted by Crippen LogP contribution is 2.24. The molecule has 0 radical (unpaired) electrons. The summed E-state index contributed by atoms with van der Waals surface area (Å²) in [5.74, 6) is 0.694. The van der Waals surface area contributed by atoms with Crippen LogP contribution in [0, 0.1) is 0 Å². The molecule has 27 heavy (non-hydrogen) atoms. The number of nitrogens with zero attached hydrogens (tertiary/aromatic N) is 2. The van der Waals surface area contributed by atoms with Crippen LogP contribution in [0.2, 0.25) is 0 Å². The summed E-state index contributed by atoms with van der Waals surface area (Å²) in [6.07, 6.45) is 2.93. The van der Waals surface area contributed by atoms with E-state index in [9.17, 15) is 4.79 Å². The van der Waals surface area contributed by atoms with Gasteiger partial charge in [-0.15, -0.1) is 0 Å². The Labute approximate surface area is 165 Å². The van der Waals surface area contributed by atoms with Crippen molar-refractivity contribution >= 4 is 44.2 Å². The Hall–Kier alpha value is -2.51. The Morgan fingerprint density at radius 2 is 2.15 bits per heavy atom. The first kappa shape index (κ1) is 17.9. The SMILES string of the molecule is O=C(Nc1cccc(CNc2ncnc3ccc(Br)cc23)c1)C1CCCO1. The third-order valence-electron chi connectivity index (χ3n) is 4.47. The van der Waals surface area contributed by atoms with Crippen molar-refractivity contribution in [1.29, 1.82) is 0 Å². The number of fused-ring (bicyclic) bond motifs is 1. The van der Waals surface area contributed by atoms with Gasteiger partial charge in [-0.05, 0) is 48.7 Å². The van der Waals surface area contributed by atoms with Crippen LogP contribution in [0.5, 0.6) is 0 Å². The number of carbonyl (C=O) groups is 1. The molecular weight excluding hydrogens is 408 g/mol. The molecule has 2 aromatic carbocycles. The van der Waals surface area contributed by atoms with E-state index >= 15 is 0 Å². The third-order valence-corrected chi connectivity index (χ3v) is 4.97. The third kappa shape index (κ3) is 4.26. The predicted octanol–water partition coefficient (Wildman–Crippen LogP) is 4.12. The minimum absolute atomic E-state index is 0.0794. The molecule has 1 aliphatic rings. The van der Waals surface area contributed by atoms with E-state index in [1.54, 1.807) is 6.33 Å². The highest BCUT2D eigenvalue weighted by molar-refractivity contribution is 9.10. The number of aromatic nitrogens is 2. The fraction of sp³-hybridized carbons (Fsp3) is 0.250. The summed E-state index contributed by atoms with van der Waals surface area (Å²) in [5, 5.41) is 7.25. The topological polar surface area (TPSA) is 76.1 Å². The van der Waals surface area contributed by atoms with E-state index in [1.165, 1.54) is 0 Å². The highest BCUT2D eigenvalue weighted by atomic mass is 79.9. The molecular formula is C20H19BrN4O2. The number of ether oxygens (including phenoxy) is 1. The Bertz CT molecular complexity index is 973. The van der Waals surface area contributed by atoms with Crippen molar-refractivity contribution < 1.29 is 9.53 Å². The van der Waals surface area contributed by atoms with E-state index in [0.717, 1.165) is 45.3 Å². The number of anilines is 2. The summed E-state index contributed by atoms with van der Waals surface area (Å²) in [7, 11) is 0. The van der Waals surface area contributed by atoms with Gasteiger partial charge in [-0.1, -0.05) is 28.1 Å². The van der Waals surface area contributed by atoms with Crippen molar-refractivity contribution in [2.75, 3.05) is 17.2 Å². The number of amides is 1. The van der Waals surface area contributed by atoms with Crippen LogP contribution < -0.4 is 10.6 Å². The molecule has 4 rings (SSSR count). The molecule has 2 heterocycles. The van der Waals surface area contributed by atoms with Gasteiger partial charge in [-0.3, -0.25) is 4.79 Å². The normalized spacial score (nSPS) is 16.4. The lowest BCUT2D eigenvalue weighted by Gasteiger charge is -2.12. The van der Waals surface area contributed by atoms with Crippen molar-refractivity contribution in [3.8, 4) is 0 Å². The predicted molar refractivity (Wildman–Crippen MR) is 109 cm³/mol. The van der Waals surface area contributed by atoms with E-state index in [-0.39, 0.29) is 12.0 Å². The molecule has 0 spiro atoms. The van der Waals surface area contributed by atoms with Crippen LogP contribution in [0.25, 0.3) is 10.9 Å². The quantitative estimate of drug-likeness (QED) is 0.641. The van der Waals surface area contributed by atoms with Crippen molar-refractivity contribution in [1.82, 2.24) is 9.97 Å². The minimum atomic E-state index is -0.336. The number of nitrogens with one attached hydrogen (secondary N) is 2. The summed E-state index contributed by atoms with van der Waals surface area (Å²) in [6, 6.07) is 13.7. The van der Waals surface area contributed by atoms with Crippen molar-refractivity contribution in [3.05, 3.63) is 58.8 Å². The minimum Gasteiger partial charge on any atom is -0.368 e. The van der Waals surface area contributed by atoms with Crippen LogP contribution in [0.4, 0.5) is 11.5 Å². The molecule has 1 amide bonds. The molecule has 7 heteroatoms. The zero-order valence-corrected chi connectivity index (χ0v) is 16.2. The number of halogens is 1. The Morgan fingerprint density at radius 3 is 3.00 bits per heavy atom. The monoisotopic (exact) mass is 426 g/mol. The molecule has 1 unspecified atom stereocenters.